The minimum absolute atomic E-state index is 0.386. The van der Waals surface area contributed by atoms with Crippen molar-refractivity contribution in [3.8, 4) is 52.0 Å². The quantitative estimate of drug-likeness (QED) is 0.141. The first-order valence-corrected chi connectivity index (χ1v) is 12.9. The molecule has 0 aliphatic carbocycles. The number of benzene rings is 4. The molecular weight excluding hydrogens is 600 g/mol. The lowest BCUT2D eigenvalue weighted by molar-refractivity contribution is 1.23. The van der Waals surface area contributed by atoms with Gasteiger partial charge in [0.05, 0.1) is 54.9 Å². The summed E-state index contributed by atoms with van der Waals surface area (Å²) in [6.45, 7) is 23.3. The summed E-state index contributed by atoms with van der Waals surface area (Å²) < 4.78 is 102. The highest BCUT2D eigenvalue weighted by Crippen LogP contribution is 2.39. The first-order valence-electron chi connectivity index (χ1n) is 18.9. The molecule has 4 aromatic carbocycles. The molecule has 0 aliphatic heterocycles. The van der Waals surface area contributed by atoms with E-state index in [1.165, 1.54) is 0 Å². The molecule has 0 saturated carbocycles. The van der Waals surface area contributed by atoms with Gasteiger partial charge in [0.2, 0.25) is 11.0 Å². The van der Waals surface area contributed by atoms with Gasteiger partial charge in [0.15, 0.2) is 16.9 Å². The van der Waals surface area contributed by atoms with Gasteiger partial charge >= 0.3 is 0 Å². The molecule has 3 heterocycles. The maximum atomic E-state index is 10.4. The lowest BCUT2D eigenvalue weighted by atomic mass is 10.1. The van der Waals surface area contributed by atoms with Crippen LogP contribution in [0.25, 0.3) is 81.4 Å². The van der Waals surface area contributed by atoms with Crippen LogP contribution in [0.15, 0.2) is 72.5 Å². The predicted octanol–water partition coefficient (Wildman–Crippen LogP) is 7.78. The lowest BCUT2D eigenvalue weighted by Crippen LogP contribution is -2.02. The Hall–Kier alpha value is -8.16. The largest absolute Gasteiger partial charge is 0.359 e. The Morgan fingerprint density at radius 2 is 0.833 bits per heavy atom. The molecule has 0 atom stereocenters. The van der Waals surface area contributed by atoms with Crippen molar-refractivity contribution in [2.45, 2.75) is 0 Å². The highest BCUT2D eigenvalue weighted by Gasteiger charge is 2.27. The van der Waals surface area contributed by atoms with Crippen molar-refractivity contribution in [2.24, 2.45) is 0 Å². The van der Waals surface area contributed by atoms with Crippen LogP contribution in [0, 0.1) is 53.7 Å². The summed E-state index contributed by atoms with van der Waals surface area (Å²) >= 11 is 0. The number of rotatable bonds is 3. The topological polar surface area (TPSA) is 162 Å². The molecule has 7 rings (SSSR count). The van der Waals surface area contributed by atoms with E-state index in [0.717, 1.165) is 0 Å². The summed E-state index contributed by atoms with van der Waals surface area (Å²) in [7, 11) is 0. The molecule has 0 aliphatic rings. The molecule has 0 spiro atoms. The lowest BCUT2D eigenvalue weighted by Gasteiger charge is -2.11. The maximum Gasteiger partial charge on any atom is 0.296 e. The number of nitriles is 3. The molecule has 12 heteroatoms. The molecular formula is C36H12N12. The van der Waals surface area contributed by atoms with E-state index in [1.807, 2.05) is 0 Å². The van der Waals surface area contributed by atoms with E-state index in [4.69, 9.17) is 36.2 Å². The van der Waals surface area contributed by atoms with Crippen LogP contribution in [0.2, 0.25) is 0 Å². The number of aromatic nitrogens is 6. The number of hydrogen-bond acceptors (Lipinski definition) is 9. The smallest absolute Gasteiger partial charge is 0.296 e. The van der Waals surface area contributed by atoms with Crippen LogP contribution in [-0.4, -0.2) is 29.9 Å². The first kappa shape index (κ1) is 18.0. The molecule has 0 amide bonds. The van der Waals surface area contributed by atoms with E-state index >= 15 is 0 Å². The first-order chi connectivity index (χ1) is 28.5. The molecule has 216 valence electrons. The van der Waals surface area contributed by atoms with Gasteiger partial charge in [0.1, 0.15) is 28.3 Å². The molecule has 0 unspecified atom stereocenters. The van der Waals surface area contributed by atoms with E-state index in [-0.39, 0.29) is 16.6 Å². The molecule has 7 aromatic rings. The summed E-state index contributed by atoms with van der Waals surface area (Å²) in [6.07, 6.45) is 0. The molecule has 0 saturated heterocycles. The standard InChI is InChI=1S/C36H12N12/c1-40-24-14-12-23(13-15-24)28-36(42-3)47-33-30-29(43-25(18-39)26(44-30)21-8-4-19(16-37)5-9-21)31-34(32(33)46-28)48-35(41-2)27(45-31)22-10-6-20(17-38)7-11-22/h4-15H/i4D,5D,6D,7D,8D,9D,10D,11D,12D,13D,14D,15D. The van der Waals surface area contributed by atoms with Crippen LogP contribution in [0.5, 0.6) is 0 Å². The number of fused-ring (bicyclic) bond motifs is 6. The predicted molar refractivity (Wildman–Crippen MR) is 175 cm³/mol. The second kappa shape index (κ2) is 11.4. The van der Waals surface area contributed by atoms with Crippen molar-refractivity contribution in [3.63, 3.8) is 0 Å². The molecule has 0 N–H and O–H groups in total. The molecule has 12 nitrogen and oxygen atoms in total. The minimum Gasteiger partial charge on any atom is -0.359 e. The average Bonchev–Trinajstić information content (AvgIpc) is 3.24. The van der Waals surface area contributed by atoms with Gasteiger partial charge in [-0.1, -0.05) is 61.5 Å². The Morgan fingerprint density at radius 3 is 1.23 bits per heavy atom. The van der Waals surface area contributed by atoms with Crippen LogP contribution in [0.1, 0.15) is 33.3 Å². The van der Waals surface area contributed by atoms with E-state index in [2.05, 4.69) is 44.4 Å². The Bertz CT molecular complexity index is 3020. The van der Waals surface area contributed by atoms with Crippen LogP contribution in [0.3, 0.4) is 0 Å². The van der Waals surface area contributed by atoms with Gasteiger partial charge < -0.3 is 9.69 Å². The van der Waals surface area contributed by atoms with Crippen LogP contribution in [-0.2, 0) is 0 Å². The van der Waals surface area contributed by atoms with Crippen molar-refractivity contribution >= 4 is 50.4 Å². The van der Waals surface area contributed by atoms with Gasteiger partial charge in [-0.15, -0.1) is 9.97 Å². The van der Waals surface area contributed by atoms with Gasteiger partial charge in [-0.2, -0.15) is 15.8 Å². The third-order valence-corrected chi connectivity index (χ3v) is 6.55. The van der Waals surface area contributed by atoms with E-state index < -0.39 is 157 Å². The molecule has 48 heavy (non-hydrogen) atoms. The van der Waals surface area contributed by atoms with Gasteiger partial charge in [0.25, 0.3) is 11.6 Å². The van der Waals surface area contributed by atoms with Crippen LogP contribution < -0.4 is 0 Å². The molecule has 0 radical (unpaired) electrons. The van der Waals surface area contributed by atoms with Crippen molar-refractivity contribution < 1.29 is 16.4 Å². The SMILES string of the molecule is [2H]c1c([2H])c(-c2nc3c(nc2C#N)c2nc(-c4c([2H])c([2H])c(C#N)c([2H])c4[2H])c([N+]#[C-])nc2c2nc(-c4c([2H])c([2H])c([N+]#[C-])c([2H])c4[2H])c([N+]#[C-])nc32)c([2H])c([2H])c1C#N. The normalized spacial score (nSPS) is 13.9. The molecule has 0 bridgehead atoms. The van der Waals surface area contributed by atoms with Crippen LogP contribution >= 0.6 is 0 Å². The zero-order valence-corrected chi connectivity index (χ0v) is 23.4. The summed E-state index contributed by atoms with van der Waals surface area (Å²) in [5.74, 6) is -1.30. The third kappa shape index (κ3) is 4.58. The van der Waals surface area contributed by atoms with E-state index in [1.54, 1.807) is 18.2 Å². The number of nitrogens with zero attached hydrogens (tertiary/aromatic N) is 12. The molecule has 3 aromatic heterocycles. The maximum absolute atomic E-state index is 10.4. The summed E-state index contributed by atoms with van der Waals surface area (Å²) in [5, 5.41) is 29.4. The zero-order chi connectivity index (χ0) is 43.8. The monoisotopic (exact) mass is 624 g/mol. The fourth-order valence-electron chi connectivity index (χ4n) is 4.48. The minimum atomic E-state index is -0.780. The fourth-order valence-corrected chi connectivity index (χ4v) is 4.48. The average molecular weight is 625 g/mol. The van der Waals surface area contributed by atoms with E-state index in [0.29, 0.717) is 0 Å². The van der Waals surface area contributed by atoms with Crippen molar-refractivity contribution in [2.75, 3.05) is 0 Å². The van der Waals surface area contributed by atoms with Crippen molar-refractivity contribution in [1.82, 2.24) is 29.9 Å². The number of hydrogen-bond donors (Lipinski definition) is 0. The third-order valence-electron chi connectivity index (χ3n) is 6.55. The molecule has 0 fully saturated rings. The second-order valence-corrected chi connectivity index (χ2v) is 9.20. The highest BCUT2D eigenvalue weighted by atomic mass is 15.0. The van der Waals surface area contributed by atoms with Gasteiger partial charge in [0, 0.05) is 8.30 Å². The summed E-state index contributed by atoms with van der Waals surface area (Å²) in [6, 6.07) is -4.26. The van der Waals surface area contributed by atoms with Gasteiger partial charge in [-0.25, -0.2) is 19.8 Å². The second-order valence-electron chi connectivity index (χ2n) is 9.20. The van der Waals surface area contributed by atoms with Gasteiger partial charge in [-0.3, -0.25) is 4.98 Å². The Labute approximate surface area is 288 Å². The highest BCUT2D eigenvalue weighted by molar-refractivity contribution is 6.19. The van der Waals surface area contributed by atoms with Gasteiger partial charge in [-0.05, 0) is 35.3 Å². The Morgan fingerprint density at radius 1 is 0.458 bits per heavy atom. The van der Waals surface area contributed by atoms with Crippen LogP contribution in [0.4, 0.5) is 17.3 Å². The summed E-state index contributed by atoms with van der Waals surface area (Å²) in [5.41, 5.74) is -8.21. The van der Waals surface area contributed by atoms with Crippen molar-refractivity contribution in [1.29, 1.82) is 15.8 Å². The van der Waals surface area contributed by atoms with E-state index in [9.17, 15) is 15.8 Å². The summed E-state index contributed by atoms with van der Waals surface area (Å²) in [4.78, 5) is 36.5. The fraction of sp³-hybridized carbons (Fsp3) is 0. The zero-order valence-electron chi connectivity index (χ0n) is 35.4. The van der Waals surface area contributed by atoms with Crippen molar-refractivity contribution in [3.05, 3.63) is 124 Å². The Kier molecular flexibility index (Phi) is 4.27. The Balaban J connectivity index is 1.76.